The summed E-state index contributed by atoms with van der Waals surface area (Å²) in [5.41, 5.74) is 9.44. The summed E-state index contributed by atoms with van der Waals surface area (Å²) in [5.74, 6) is -0.455. The molecule has 0 bridgehead atoms. The summed E-state index contributed by atoms with van der Waals surface area (Å²) in [5, 5.41) is 0.706. The maximum Gasteiger partial charge on any atom is 0.417 e. The average molecular weight is 289 g/mol. The lowest BCUT2D eigenvalue weighted by Crippen LogP contribution is -2.13. The first-order valence-electron chi connectivity index (χ1n) is 6.24. The van der Waals surface area contributed by atoms with Crippen LogP contribution in [-0.4, -0.2) is 4.98 Å². The van der Waals surface area contributed by atoms with E-state index < -0.39 is 5.76 Å². The average Bonchev–Trinajstić information content (AvgIpc) is 2.80. The zero-order valence-corrected chi connectivity index (χ0v) is 11.4. The van der Waals surface area contributed by atoms with E-state index in [0.29, 0.717) is 22.5 Å². The van der Waals surface area contributed by atoms with E-state index in [1.54, 1.807) is 12.1 Å². The summed E-state index contributed by atoms with van der Waals surface area (Å²) in [6.45, 7) is 0. The molecule has 102 valence electrons. The Morgan fingerprint density at radius 1 is 1.20 bits per heavy atom. The molecule has 0 amide bonds. The highest BCUT2D eigenvalue weighted by Crippen LogP contribution is 2.21. The molecule has 1 unspecified atom stereocenters. The van der Waals surface area contributed by atoms with Gasteiger partial charge in [0.2, 0.25) is 0 Å². The van der Waals surface area contributed by atoms with Gasteiger partial charge in [-0.2, -0.15) is 0 Å². The van der Waals surface area contributed by atoms with Gasteiger partial charge in [-0.1, -0.05) is 29.8 Å². The van der Waals surface area contributed by atoms with Gasteiger partial charge >= 0.3 is 5.76 Å². The number of aromatic amines is 1. The third-order valence-electron chi connectivity index (χ3n) is 3.24. The van der Waals surface area contributed by atoms with E-state index in [2.05, 4.69) is 4.98 Å². The molecular weight excluding hydrogens is 276 g/mol. The standard InChI is InChI=1S/C15H13ClN2O2/c16-11-4-1-9(2-5-11)7-12(17)10-3-6-13-14(8-10)20-15(19)18-13/h1-6,8,12H,7,17H2,(H,18,19). The number of nitrogens with two attached hydrogens (primary N) is 1. The molecule has 0 saturated heterocycles. The van der Waals surface area contributed by atoms with E-state index in [-0.39, 0.29) is 6.04 Å². The van der Waals surface area contributed by atoms with Crippen LogP contribution in [0.3, 0.4) is 0 Å². The number of halogens is 1. The molecule has 0 aliphatic rings. The molecule has 5 heteroatoms. The first-order chi connectivity index (χ1) is 9.61. The Morgan fingerprint density at radius 3 is 2.70 bits per heavy atom. The van der Waals surface area contributed by atoms with Crippen LogP contribution >= 0.6 is 11.6 Å². The molecule has 0 radical (unpaired) electrons. The van der Waals surface area contributed by atoms with Crippen molar-refractivity contribution in [1.29, 1.82) is 0 Å². The van der Waals surface area contributed by atoms with Gasteiger partial charge in [0.15, 0.2) is 5.58 Å². The van der Waals surface area contributed by atoms with Crippen molar-refractivity contribution in [3.8, 4) is 0 Å². The van der Waals surface area contributed by atoms with E-state index in [1.165, 1.54) is 0 Å². The van der Waals surface area contributed by atoms with Gasteiger partial charge < -0.3 is 10.2 Å². The lowest BCUT2D eigenvalue weighted by Gasteiger charge is -2.12. The summed E-state index contributed by atoms with van der Waals surface area (Å²) in [6.07, 6.45) is 0.692. The highest BCUT2D eigenvalue weighted by Gasteiger charge is 2.10. The molecule has 3 aromatic rings. The van der Waals surface area contributed by atoms with Crippen molar-refractivity contribution < 1.29 is 4.42 Å². The fourth-order valence-electron chi connectivity index (χ4n) is 2.18. The Kier molecular flexibility index (Phi) is 3.34. The van der Waals surface area contributed by atoms with Gasteiger partial charge in [0, 0.05) is 11.1 Å². The van der Waals surface area contributed by atoms with E-state index in [1.807, 2.05) is 30.3 Å². The number of aromatic nitrogens is 1. The van der Waals surface area contributed by atoms with Gasteiger partial charge in [0.1, 0.15) is 0 Å². The SMILES string of the molecule is NC(Cc1ccc(Cl)cc1)c1ccc2[nH]c(=O)oc2c1. The monoisotopic (exact) mass is 288 g/mol. The predicted molar refractivity (Wildman–Crippen MR) is 78.9 cm³/mol. The highest BCUT2D eigenvalue weighted by atomic mass is 35.5. The second-order valence-electron chi connectivity index (χ2n) is 4.71. The quantitative estimate of drug-likeness (QED) is 0.778. The first kappa shape index (κ1) is 13.0. The molecule has 0 saturated carbocycles. The molecule has 0 spiro atoms. The Morgan fingerprint density at radius 2 is 1.95 bits per heavy atom. The second-order valence-corrected chi connectivity index (χ2v) is 5.14. The summed E-state index contributed by atoms with van der Waals surface area (Å²) in [7, 11) is 0. The second kappa shape index (κ2) is 5.15. The fraction of sp³-hybridized carbons (Fsp3) is 0.133. The number of oxazole rings is 1. The van der Waals surface area contributed by atoms with Crippen molar-refractivity contribution in [1.82, 2.24) is 4.98 Å². The minimum absolute atomic E-state index is 0.166. The maximum atomic E-state index is 11.1. The van der Waals surface area contributed by atoms with Gasteiger partial charge in [0.05, 0.1) is 5.52 Å². The van der Waals surface area contributed by atoms with Crippen LogP contribution in [0.1, 0.15) is 17.2 Å². The lowest BCUT2D eigenvalue weighted by atomic mass is 9.99. The van der Waals surface area contributed by atoms with Crippen LogP contribution in [0, 0.1) is 0 Å². The summed E-state index contributed by atoms with van der Waals surface area (Å²) in [6, 6.07) is 12.9. The minimum atomic E-state index is -0.455. The zero-order chi connectivity index (χ0) is 14.1. The normalized spacial score (nSPS) is 12.7. The molecule has 1 heterocycles. The van der Waals surface area contributed by atoms with Crippen LogP contribution in [0.5, 0.6) is 0 Å². The molecule has 0 fully saturated rings. The van der Waals surface area contributed by atoms with Crippen LogP contribution in [-0.2, 0) is 6.42 Å². The number of fused-ring (bicyclic) bond motifs is 1. The first-order valence-corrected chi connectivity index (χ1v) is 6.62. The van der Waals surface area contributed by atoms with Crippen molar-refractivity contribution in [2.45, 2.75) is 12.5 Å². The Balaban J connectivity index is 1.85. The number of rotatable bonds is 3. The van der Waals surface area contributed by atoms with Crippen molar-refractivity contribution in [3.63, 3.8) is 0 Å². The van der Waals surface area contributed by atoms with Crippen molar-refractivity contribution >= 4 is 22.7 Å². The van der Waals surface area contributed by atoms with E-state index in [0.717, 1.165) is 11.1 Å². The lowest BCUT2D eigenvalue weighted by molar-refractivity contribution is 0.554. The van der Waals surface area contributed by atoms with Crippen LogP contribution < -0.4 is 11.5 Å². The number of H-pyrrole nitrogens is 1. The van der Waals surface area contributed by atoms with Gasteiger partial charge in [-0.25, -0.2) is 4.79 Å². The topological polar surface area (TPSA) is 72.0 Å². The van der Waals surface area contributed by atoms with Gasteiger partial charge in [0.25, 0.3) is 0 Å². The summed E-state index contributed by atoms with van der Waals surface area (Å²) in [4.78, 5) is 13.7. The summed E-state index contributed by atoms with van der Waals surface area (Å²) >= 11 is 5.86. The molecule has 2 aromatic carbocycles. The Hall–Kier alpha value is -2.04. The van der Waals surface area contributed by atoms with E-state index in [9.17, 15) is 4.79 Å². The predicted octanol–water partition coefficient (Wildman–Crippen LogP) is 3.02. The third-order valence-corrected chi connectivity index (χ3v) is 3.49. The van der Waals surface area contributed by atoms with Crippen LogP contribution in [0.2, 0.25) is 5.02 Å². The van der Waals surface area contributed by atoms with Gasteiger partial charge in [-0.15, -0.1) is 0 Å². The van der Waals surface area contributed by atoms with Crippen LogP contribution in [0.25, 0.3) is 11.1 Å². The minimum Gasteiger partial charge on any atom is -0.408 e. The Labute approximate surface area is 120 Å². The van der Waals surface area contributed by atoms with E-state index >= 15 is 0 Å². The van der Waals surface area contributed by atoms with Gasteiger partial charge in [-0.3, -0.25) is 4.98 Å². The van der Waals surface area contributed by atoms with Crippen LogP contribution in [0.15, 0.2) is 51.7 Å². The molecule has 0 aliphatic carbocycles. The number of benzene rings is 2. The molecule has 4 nitrogen and oxygen atoms in total. The fourth-order valence-corrected chi connectivity index (χ4v) is 2.31. The zero-order valence-electron chi connectivity index (χ0n) is 10.6. The van der Waals surface area contributed by atoms with Crippen molar-refractivity contribution in [3.05, 3.63) is 69.2 Å². The van der Waals surface area contributed by atoms with Crippen molar-refractivity contribution in [2.24, 2.45) is 5.73 Å². The van der Waals surface area contributed by atoms with E-state index in [4.69, 9.17) is 21.8 Å². The molecular formula is C15H13ClN2O2. The number of hydrogen-bond acceptors (Lipinski definition) is 3. The molecule has 3 rings (SSSR count). The summed E-state index contributed by atoms with van der Waals surface area (Å²) < 4.78 is 5.04. The molecule has 1 atom stereocenters. The van der Waals surface area contributed by atoms with Crippen molar-refractivity contribution in [2.75, 3.05) is 0 Å². The van der Waals surface area contributed by atoms with Gasteiger partial charge in [-0.05, 0) is 41.8 Å². The third kappa shape index (κ3) is 2.61. The maximum absolute atomic E-state index is 11.1. The number of nitrogens with one attached hydrogen (secondary N) is 1. The number of hydrogen-bond donors (Lipinski definition) is 2. The smallest absolute Gasteiger partial charge is 0.408 e. The molecule has 0 aliphatic heterocycles. The molecule has 3 N–H and O–H groups in total. The largest absolute Gasteiger partial charge is 0.417 e. The Bertz CT molecular complexity index is 789. The highest BCUT2D eigenvalue weighted by molar-refractivity contribution is 6.30. The van der Waals surface area contributed by atoms with Crippen LogP contribution in [0.4, 0.5) is 0 Å². The molecule has 1 aromatic heterocycles. The molecule has 20 heavy (non-hydrogen) atoms.